The lowest BCUT2D eigenvalue weighted by Gasteiger charge is -2.36. The average molecular weight is 345 g/mol. The number of carbonyl (C=O) groups is 2. The number of benzene rings is 3. The Balaban J connectivity index is 1.87. The number of ketones is 1. The van der Waals surface area contributed by atoms with E-state index in [1.165, 1.54) is 4.90 Å². The van der Waals surface area contributed by atoms with E-state index in [9.17, 15) is 9.59 Å². The van der Waals surface area contributed by atoms with Gasteiger partial charge in [-0.05, 0) is 29.8 Å². The summed E-state index contributed by atoms with van der Waals surface area (Å²) >= 11 is 0. The van der Waals surface area contributed by atoms with Crippen molar-refractivity contribution in [2.75, 3.05) is 4.90 Å². The van der Waals surface area contributed by atoms with Crippen LogP contribution in [0.1, 0.15) is 15.9 Å². The molecule has 0 N–H and O–H groups in total. The molecular weight excluding hydrogens is 329 g/mol. The van der Waals surface area contributed by atoms with Crippen molar-refractivity contribution in [2.45, 2.75) is 12.1 Å². The second kappa shape index (κ2) is 6.23. The van der Waals surface area contributed by atoms with Crippen LogP contribution in [0.4, 0.5) is 15.8 Å². The summed E-state index contributed by atoms with van der Waals surface area (Å²) in [6, 6.07) is 24.3. The first-order chi connectivity index (χ1) is 12.6. The van der Waals surface area contributed by atoms with Crippen LogP contribution in [0.3, 0.4) is 0 Å². The van der Waals surface area contributed by atoms with Gasteiger partial charge in [0.05, 0.1) is 5.69 Å². The highest BCUT2D eigenvalue weighted by Gasteiger charge is 2.54. The molecule has 0 spiro atoms. The van der Waals surface area contributed by atoms with Crippen molar-refractivity contribution < 1.29 is 14.0 Å². The molecule has 0 fully saturated rings. The van der Waals surface area contributed by atoms with Gasteiger partial charge in [0, 0.05) is 17.7 Å². The van der Waals surface area contributed by atoms with Gasteiger partial charge in [-0.1, -0.05) is 60.7 Å². The minimum absolute atomic E-state index is 0.217. The minimum Gasteiger partial charge on any atom is -0.290 e. The summed E-state index contributed by atoms with van der Waals surface area (Å²) in [4.78, 5) is 27.4. The van der Waals surface area contributed by atoms with Crippen LogP contribution in [0, 0.1) is 0 Å². The van der Waals surface area contributed by atoms with Gasteiger partial charge in [0.2, 0.25) is 5.78 Å². The van der Waals surface area contributed by atoms with Crippen molar-refractivity contribution in [3.63, 3.8) is 0 Å². The Morgan fingerprint density at radius 2 is 1.35 bits per heavy atom. The Morgan fingerprint density at radius 3 is 2.04 bits per heavy atom. The lowest BCUT2D eigenvalue weighted by Crippen LogP contribution is -2.55. The zero-order chi connectivity index (χ0) is 18.1. The number of hydrogen-bond donors (Lipinski definition) is 0. The number of fused-ring (bicyclic) bond motifs is 1. The Hall–Kier alpha value is -3.27. The van der Waals surface area contributed by atoms with E-state index in [1.807, 2.05) is 12.1 Å². The molecule has 0 aromatic heterocycles. The van der Waals surface area contributed by atoms with Crippen molar-refractivity contribution in [2.24, 2.45) is 0 Å². The van der Waals surface area contributed by atoms with Crippen LogP contribution in [0.2, 0.25) is 0 Å². The molecule has 1 aliphatic heterocycles. The van der Waals surface area contributed by atoms with Crippen molar-refractivity contribution in [3.8, 4) is 0 Å². The molecule has 128 valence electrons. The number of para-hydroxylation sites is 2. The molecule has 1 aliphatic rings. The first kappa shape index (κ1) is 16.2. The molecule has 1 amide bonds. The SMILES string of the molecule is O=C1c2ccccc2N(c2ccccc2)C(=O)C1(F)Cc1ccccc1. The molecule has 1 atom stereocenters. The quantitative estimate of drug-likeness (QED) is 0.656. The van der Waals surface area contributed by atoms with Crippen LogP contribution < -0.4 is 4.90 Å². The van der Waals surface area contributed by atoms with E-state index in [-0.39, 0.29) is 12.0 Å². The predicted octanol–water partition coefficient (Wildman–Crippen LogP) is 4.50. The zero-order valence-corrected chi connectivity index (χ0v) is 13.9. The largest absolute Gasteiger partial charge is 0.290 e. The summed E-state index contributed by atoms with van der Waals surface area (Å²) in [5, 5.41) is 0. The topological polar surface area (TPSA) is 37.4 Å². The van der Waals surface area contributed by atoms with Gasteiger partial charge in [-0.3, -0.25) is 14.5 Å². The molecule has 0 radical (unpaired) electrons. The second-order valence-electron chi connectivity index (χ2n) is 6.29. The molecule has 0 saturated heterocycles. The number of halogens is 1. The Labute approximate surface area is 150 Å². The van der Waals surface area contributed by atoms with E-state index in [0.717, 1.165) is 0 Å². The molecule has 1 heterocycles. The third-order valence-electron chi connectivity index (χ3n) is 4.60. The van der Waals surface area contributed by atoms with Gasteiger partial charge in [0.1, 0.15) is 0 Å². The first-order valence-electron chi connectivity index (χ1n) is 8.37. The monoisotopic (exact) mass is 345 g/mol. The fourth-order valence-corrected chi connectivity index (χ4v) is 3.32. The molecule has 0 saturated carbocycles. The van der Waals surface area contributed by atoms with Gasteiger partial charge >= 0.3 is 0 Å². The van der Waals surface area contributed by atoms with E-state index in [0.29, 0.717) is 16.9 Å². The maximum absolute atomic E-state index is 15.9. The smallest absolute Gasteiger partial charge is 0.277 e. The van der Waals surface area contributed by atoms with Gasteiger partial charge in [-0.15, -0.1) is 0 Å². The number of nitrogens with zero attached hydrogens (tertiary/aromatic N) is 1. The van der Waals surface area contributed by atoms with Gasteiger partial charge in [-0.25, -0.2) is 4.39 Å². The van der Waals surface area contributed by atoms with Crippen LogP contribution in [0.15, 0.2) is 84.9 Å². The molecule has 4 rings (SSSR count). The number of rotatable bonds is 3. The van der Waals surface area contributed by atoms with Gasteiger partial charge in [-0.2, -0.15) is 0 Å². The standard InChI is InChI=1S/C22H16FNO2/c23-22(15-16-9-3-1-4-10-16)20(25)18-13-7-8-14-19(18)24(21(22)26)17-11-5-2-6-12-17/h1-14H,15H2. The molecule has 0 aliphatic carbocycles. The summed E-state index contributed by atoms with van der Waals surface area (Å²) < 4.78 is 15.9. The van der Waals surface area contributed by atoms with Crippen LogP contribution in [0.25, 0.3) is 0 Å². The van der Waals surface area contributed by atoms with Gasteiger partial charge < -0.3 is 0 Å². The minimum atomic E-state index is -2.63. The highest BCUT2D eigenvalue weighted by atomic mass is 19.1. The molecule has 1 unspecified atom stereocenters. The Bertz CT molecular complexity index is 972. The summed E-state index contributed by atoms with van der Waals surface area (Å²) in [6.45, 7) is 0. The Kier molecular flexibility index (Phi) is 3.88. The highest BCUT2D eigenvalue weighted by molar-refractivity contribution is 6.29. The summed E-state index contributed by atoms with van der Waals surface area (Å²) in [7, 11) is 0. The van der Waals surface area contributed by atoms with E-state index in [1.54, 1.807) is 72.8 Å². The number of carbonyl (C=O) groups excluding carboxylic acids is 2. The fourth-order valence-electron chi connectivity index (χ4n) is 3.32. The average Bonchev–Trinajstić information content (AvgIpc) is 2.68. The summed E-state index contributed by atoms with van der Waals surface area (Å²) in [5.74, 6) is -1.63. The maximum Gasteiger partial charge on any atom is 0.277 e. The predicted molar refractivity (Wildman–Crippen MR) is 98.3 cm³/mol. The van der Waals surface area contributed by atoms with Crippen LogP contribution in [-0.4, -0.2) is 17.4 Å². The maximum atomic E-state index is 15.9. The molecule has 0 bridgehead atoms. The molecule has 3 nitrogen and oxygen atoms in total. The molecular formula is C22H16FNO2. The van der Waals surface area contributed by atoms with Gasteiger partial charge in [0.25, 0.3) is 11.6 Å². The van der Waals surface area contributed by atoms with Crippen LogP contribution in [-0.2, 0) is 11.2 Å². The first-order valence-corrected chi connectivity index (χ1v) is 8.37. The highest BCUT2D eigenvalue weighted by Crippen LogP contribution is 2.40. The van der Waals surface area contributed by atoms with Crippen molar-refractivity contribution >= 4 is 23.1 Å². The fraction of sp³-hybridized carbons (Fsp3) is 0.0909. The van der Waals surface area contributed by atoms with Crippen LogP contribution >= 0.6 is 0 Å². The summed E-state index contributed by atoms with van der Waals surface area (Å²) in [6.07, 6.45) is -0.289. The number of hydrogen-bond acceptors (Lipinski definition) is 2. The Morgan fingerprint density at radius 1 is 0.769 bits per heavy atom. The number of Topliss-reactive ketones (excluding diaryl/α,β-unsaturated/α-hetero) is 1. The molecule has 3 aromatic carbocycles. The normalized spacial score (nSPS) is 19.3. The lowest BCUT2D eigenvalue weighted by atomic mass is 9.83. The van der Waals surface area contributed by atoms with E-state index in [2.05, 4.69) is 0 Å². The lowest BCUT2D eigenvalue weighted by molar-refractivity contribution is -0.126. The zero-order valence-electron chi connectivity index (χ0n) is 13.9. The number of anilines is 2. The second-order valence-corrected chi connectivity index (χ2v) is 6.29. The molecule has 3 aromatic rings. The third kappa shape index (κ3) is 2.51. The van der Waals surface area contributed by atoms with E-state index < -0.39 is 17.4 Å². The van der Waals surface area contributed by atoms with Crippen molar-refractivity contribution in [3.05, 3.63) is 96.1 Å². The number of alkyl halides is 1. The van der Waals surface area contributed by atoms with E-state index >= 15 is 4.39 Å². The third-order valence-corrected chi connectivity index (χ3v) is 4.60. The molecule has 26 heavy (non-hydrogen) atoms. The number of amides is 1. The summed E-state index contributed by atoms with van der Waals surface area (Å²) in [5.41, 5.74) is -0.869. The van der Waals surface area contributed by atoms with Crippen LogP contribution in [0.5, 0.6) is 0 Å². The van der Waals surface area contributed by atoms with Gasteiger partial charge in [0.15, 0.2) is 0 Å². The van der Waals surface area contributed by atoms with Crippen molar-refractivity contribution in [1.82, 2.24) is 0 Å². The molecule has 4 heteroatoms. The van der Waals surface area contributed by atoms with Crippen molar-refractivity contribution in [1.29, 1.82) is 0 Å². The van der Waals surface area contributed by atoms with E-state index in [4.69, 9.17) is 0 Å².